The topological polar surface area (TPSA) is 38.0 Å². The molecular formula is C9H15BrN2O. The van der Waals surface area contributed by atoms with Crippen molar-refractivity contribution >= 4 is 15.9 Å². The maximum atomic E-state index is 9.01. The average molecular weight is 247 g/mol. The van der Waals surface area contributed by atoms with E-state index in [1.165, 1.54) is 12.8 Å². The van der Waals surface area contributed by atoms with Crippen LogP contribution in [-0.4, -0.2) is 14.7 Å². The first-order valence-corrected chi connectivity index (χ1v) is 5.39. The van der Waals surface area contributed by atoms with Crippen molar-refractivity contribution in [2.45, 2.75) is 39.3 Å². The van der Waals surface area contributed by atoms with Gasteiger partial charge in [0.1, 0.15) is 0 Å². The largest absolute Gasteiger partial charge is 0.390 e. The maximum absolute atomic E-state index is 9.01. The van der Waals surface area contributed by atoms with E-state index in [1.54, 1.807) is 6.20 Å². The van der Waals surface area contributed by atoms with Crippen LogP contribution in [-0.2, 0) is 13.2 Å². The Kier molecular flexibility index (Phi) is 4.45. The van der Waals surface area contributed by atoms with Gasteiger partial charge >= 0.3 is 0 Å². The second kappa shape index (κ2) is 5.40. The number of halogens is 1. The molecule has 0 atom stereocenters. The minimum Gasteiger partial charge on any atom is -0.390 e. The zero-order chi connectivity index (χ0) is 9.68. The van der Waals surface area contributed by atoms with E-state index in [0.29, 0.717) is 0 Å². The van der Waals surface area contributed by atoms with Crippen LogP contribution in [0, 0.1) is 0 Å². The van der Waals surface area contributed by atoms with Crippen molar-refractivity contribution in [3.8, 4) is 0 Å². The fourth-order valence-corrected chi connectivity index (χ4v) is 1.78. The minimum atomic E-state index is 0.0602. The minimum absolute atomic E-state index is 0.0602. The van der Waals surface area contributed by atoms with Gasteiger partial charge in [0.15, 0.2) is 4.73 Å². The standard InChI is InChI=1S/C9H15BrN2O/c1-2-3-4-5-12-8(7-13)6-11-9(12)10/h6,13H,2-5,7H2,1H3. The number of nitrogens with zero attached hydrogens (tertiary/aromatic N) is 2. The van der Waals surface area contributed by atoms with Gasteiger partial charge in [-0.25, -0.2) is 4.98 Å². The highest BCUT2D eigenvalue weighted by Gasteiger charge is 2.05. The van der Waals surface area contributed by atoms with Crippen molar-refractivity contribution in [1.82, 2.24) is 9.55 Å². The fourth-order valence-electron chi connectivity index (χ4n) is 1.27. The Hall–Kier alpha value is -0.350. The van der Waals surface area contributed by atoms with Gasteiger partial charge in [0.2, 0.25) is 0 Å². The summed E-state index contributed by atoms with van der Waals surface area (Å²) in [5.74, 6) is 0. The Labute approximate surface area is 86.9 Å². The Balaban J connectivity index is 2.57. The smallest absolute Gasteiger partial charge is 0.177 e. The first-order valence-electron chi connectivity index (χ1n) is 4.60. The predicted molar refractivity (Wildman–Crippen MR) is 55.4 cm³/mol. The molecule has 0 aliphatic rings. The van der Waals surface area contributed by atoms with E-state index >= 15 is 0 Å². The average Bonchev–Trinajstić information content (AvgIpc) is 2.48. The molecule has 0 aliphatic carbocycles. The van der Waals surface area contributed by atoms with E-state index in [-0.39, 0.29) is 6.61 Å². The second-order valence-electron chi connectivity index (χ2n) is 3.04. The molecule has 0 saturated carbocycles. The van der Waals surface area contributed by atoms with Crippen molar-refractivity contribution in [3.05, 3.63) is 16.6 Å². The molecule has 1 heterocycles. The number of imidazole rings is 1. The molecule has 0 unspecified atom stereocenters. The summed E-state index contributed by atoms with van der Waals surface area (Å²) in [5, 5.41) is 9.01. The molecule has 0 aromatic carbocycles. The third-order valence-corrected chi connectivity index (χ3v) is 2.67. The number of unbranched alkanes of at least 4 members (excludes halogenated alkanes) is 2. The van der Waals surface area contributed by atoms with Crippen LogP contribution in [0.3, 0.4) is 0 Å². The maximum Gasteiger partial charge on any atom is 0.177 e. The van der Waals surface area contributed by atoms with Crippen LogP contribution in [0.15, 0.2) is 10.9 Å². The molecule has 0 radical (unpaired) electrons. The highest BCUT2D eigenvalue weighted by Crippen LogP contribution is 2.13. The molecule has 13 heavy (non-hydrogen) atoms. The third kappa shape index (κ3) is 2.81. The van der Waals surface area contributed by atoms with Crippen LogP contribution in [0.25, 0.3) is 0 Å². The van der Waals surface area contributed by atoms with Gasteiger partial charge in [-0.3, -0.25) is 0 Å². The molecule has 0 fully saturated rings. The molecular weight excluding hydrogens is 232 g/mol. The summed E-state index contributed by atoms with van der Waals surface area (Å²) >= 11 is 3.35. The van der Waals surface area contributed by atoms with Gasteiger partial charge in [-0.05, 0) is 22.4 Å². The van der Waals surface area contributed by atoms with Crippen LogP contribution in [0.5, 0.6) is 0 Å². The number of aliphatic hydroxyl groups excluding tert-OH is 1. The lowest BCUT2D eigenvalue weighted by atomic mass is 10.2. The lowest BCUT2D eigenvalue weighted by Crippen LogP contribution is -2.03. The summed E-state index contributed by atoms with van der Waals surface area (Å²) in [4.78, 5) is 4.09. The monoisotopic (exact) mass is 246 g/mol. The van der Waals surface area contributed by atoms with E-state index in [2.05, 4.69) is 27.8 Å². The zero-order valence-corrected chi connectivity index (χ0v) is 9.42. The van der Waals surface area contributed by atoms with E-state index in [9.17, 15) is 0 Å². The Bertz CT molecular complexity index is 260. The predicted octanol–water partition coefficient (Wildman–Crippen LogP) is 2.33. The number of hydrogen-bond donors (Lipinski definition) is 1. The molecule has 0 bridgehead atoms. The molecule has 1 aromatic rings. The summed E-state index contributed by atoms with van der Waals surface area (Å²) in [7, 11) is 0. The van der Waals surface area contributed by atoms with Gasteiger partial charge in [-0.2, -0.15) is 0 Å². The highest BCUT2D eigenvalue weighted by molar-refractivity contribution is 9.10. The zero-order valence-electron chi connectivity index (χ0n) is 7.83. The van der Waals surface area contributed by atoms with Crippen LogP contribution < -0.4 is 0 Å². The molecule has 1 aromatic heterocycles. The highest BCUT2D eigenvalue weighted by atomic mass is 79.9. The molecule has 3 nitrogen and oxygen atoms in total. The number of rotatable bonds is 5. The summed E-state index contributed by atoms with van der Waals surface area (Å²) in [6.45, 7) is 3.17. The van der Waals surface area contributed by atoms with E-state index in [4.69, 9.17) is 5.11 Å². The van der Waals surface area contributed by atoms with Crippen LogP contribution in [0.4, 0.5) is 0 Å². The summed E-state index contributed by atoms with van der Waals surface area (Å²) < 4.78 is 2.82. The lowest BCUT2D eigenvalue weighted by Gasteiger charge is -2.06. The first kappa shape index (κ1) is 10.7. The van der Waals surface area contributed by atoms with Crippen LogP contribution in [0.1, 0.15) is 31.9 Å². The van der Waals surface area contributed by atoms with Crippen LogP contribution >= 0.6 is 15.9 Å². The lowest BCUT2D eigenvalue weighted by molar-refractivity contribution is 0.269. The Morgan fingerprint density at radius 3 is 2.92 bits per heavy atom. The molecule has 0 amide bonds. The van der Waals surface area contributed by atoms with E-state index in [1.807, 2.05) is 4.57 Å². The van der Waals surface area contributed by atoms with Crippen molar-refractivity contribution in [1.29, 1.82) is 0 Å². The molecule has 0 spiro atoms. The summed E-state index contributed by atoms with van der Waals surface area (Å²) in [6, 6.07) is 0. The normalized spacial score (nSPS) is 10.7. The van der Waals surface area contributed by atoms with Gasteiger partial charge in [0.25, 0.3) is 0 Å². The molecule has 74 valence electrons. The Morgan fingerprint density at radius 1 is 1.54 bits per heavy atom. The fraction of sp³-hybridized carbons (Fsp3) is 0.667. The molecule has 0 aliphatic heterocycles. The molecule has 1 N–H and O–H groups in total. The SMILES string of the molecule is CCCCCn1c(CO)cnc1Br. The van der Waals surface area contributed by atoms with Crippen molar-refractivity contribution in [3.63, 3.8) is 0 Å². The van der Waals surface area contributed by atoms with Crippen molar-refractivity contribution in [2.75, 3.05) is 0 Å². The van der Waals surface area contributed by atoms with Crippen molar-refractivity contribution in [2.24, 2.45) is 0 Å². The quantitative estimate of drug-likeness (QED) is 0.811. The molecule has 0 saturated heterocycles. The Morgan fingerprint density at radius 2 is 2.31 bits per heavy atom. The third-order valence-electron chi connectivity index (χ3n) is 2.04. The van der Waals surface area contributed by atoms with Gasteiger partial charge in [0.05, 0.1) is 18.5 Å². The van der Waals surface area contributed by atoms with Gasteiger partial charge in [-0.15, -0.1) is 0 Å². The second-order valence-corrected chi connectivity index (χ2v) is 3.74. The first-order chi connectivity index (χ1) is 6.29. The van der Waals surface area contributed by atoms with E-state index in [0.717, 1.165) is 23.4 Å². The number of aliphatic hydroxyl groups is 1. The van der Waals surface area contributed by atoms with Crippen molar-refractivity contribution < 1.29 is 5.11 Å². The van der Waals surface area contributed by atoms with Gasteiger partial charge in [0, 0.05) is 6.54 Å². The molecule has 1 rings (SSSR count). The summed E-state index contributed by atoms with van der Waals surface area (Å²) in [5.41, 5.74) is 0.878. The van der Waals surface area contributed by atoms with Gasteiger partial charge in [-0.1, -0.05) is 19.8 Å². The van der Waals surface area contributed by atoms with Crippen LogP contribution in [0.2, 0.25) is 0 Å². The summed E-state index contributed by atoms with van der Waals surface area (Å²) in [6.07, 6.45) is 5.27. The van der Waals surface area contributed by atoms with E-state index < -0.39 is 0 Å². The molecule has 4 heteroatoms. The van der Waals surface area contributed by atoms with Gasteiger partial charge < -0.3 is 9.67 Å². The number of aromatic nitrogens is 2. The number of hydrogen-bond acceptors (Lipinski definition) is 2.